The Hall–Kier alpha value is -2.60. The molecule has 0 spiro atoms. The number of rotatable bonds is 5. The summed E-state index contributed by atoms with van der Waals surface area (Å²) in [6, 6.07) is 7.64. The summed E-state index contributed by atoms with van der Waals surface area (Å²) in [5, 5.41) is 3.70. The number of pyridine rings is 2. The fourth-order valence-electron chi connectivity index (χ4n) is 3.38. The van der Waals surface area contributed by atoms with Crippen molar-refractivity contribution in [3.63, 3.8) is 0 Å². The van der Waals surface area contributed by atoms with Crippen molar-refractivity contribution in [1.82, 2.24) is 19.3 Å². The van der Waals surface area contributed by atoms with E-state index in [-0.39, 0.29) is 5.91 Å². The van der Waals surface area contributed by atoms with Gasteiger partial charge in [-0.2, -0.15) is 0 Å². The van der Waals surface area contributed by atoms with E-state index in [9.17, 15) is 4.79 Å². The highest BCUT2D eigenvalue weighted by atomic mass is 35.5. The van der Waals surface area contributed by atoms with Gasteiger partial charge in [0, 0.05) is 44.6 Å². The summed E-state index contributed by atoms with van der Waals surface area (Å²) >= 11 is 6.34. The number of halogens is 1. The fraction of sp³-hybridized carbons (Fsp3) is 0.350. The van der Waals surface area contributed by atoms with Gasteiger partial charge in [-0.25, -0.2) is 9.97 Å². The van der Waals surface area contributed by atoms with Crippen LogP contribution in [-0.4, -0.2) is 44.8 Å². The van der Waals surface area contributed by atoms with Crippen LogP contribution in [0.4, 0.5) is 5.82 Å². The lowest BCUT2D eigenvalue weighted by Gasteiger charge is -2.26. The molecule has 0 atom stereocenters. The number of nitrogens with one attached hydrogen (secondary N) is 1. The lowest BCUT2D eigenvalue weighted by Crippen LogP contribution is -2.35. The molecular weight excluding hydrogens is 362 g/mol. The zero-order valence-electron chi connectivity index (χ0n) is 15.1. The minimum absolute atomic E-state index is 0.0142. The molecule has 3 aromatic heterocycles. The summed E-state index contributed by atoms with van der Waals surface area (Å²) in [6.07, 6.45) is 9.69. The van der Waals surface area contributed by atoms with Crippen molar-refractivity contribution in [2.75, 3.05) is 25.0 Å². The molecule has 27 heavy (non-hydrogen) atoms. The molecule has 3 aromatic rings. The van der Waals surface area contributed by atoms with Crippen LogP contribution in [-0.2, 0) is 6.42 Å². The Labute approximate surface area is 163 Å². The molecule has 1 amide bonds. The predicted octanol–water partition coefficient (Wildman–Crippen LogP) is 3.66. The zero-order valence-corrected chi connectivity index (χ0v) is 15.8. The van der Waals surface area contributed by atoms with E-state index in [0.717, 1.165) is 43.7 Å². The van der Waals surface area contributed by atoms with E-state index >= 15 is 0 Å². The standard InChI is InChI=1S/C20H22ClN5O/c21-17-12-15(20(27)25-9-3-1-4-10-25)13-23-19(17)22-8-7-16-14-26-11-5-2-6-18(26)24-16/h2,5-6,11-14H,1,3-4,7-10H2,(H,22,23). The Balaban J connectivity index is 1.37. The first-order valence-electron chi connectivity index (χ1n) is 9.32. The van der Waals surface area contributed by atoms with Gasteiger partial charge < -0.3 is 14.6 Å². The second-order valence-electron chi connectivity index (χ2n) is 6.78. The monoisotopic (exact) mass is 383 g/mol. The molecule has 1 aliphatic heterocycles. The molecule has 4 heterocycles. The van der Waals surface area contributed by atoms with Gasteiger partial charge >= 0.3 is 0 Å². The normalized spacial score (nSPS) is 14.5. The van der Waals surface area contributed by atoms with Crippen molar-refractivity contribution in [3.8, 4) is 0 Å². The number of nitrogens with zero attached hydrogens (tertiary/aromatic N) is 4. The van der Waals surface area contributed by atoms with Crippen LogP contribution in [0, 0.1) is 0 Å². The molecular formula is C20H22ClN5O. The van der Waals surface area contributed by atoms with E-state index in [4.69, 9.17) is 11.6 Å². The molecule has 0 aliphatic carbocycles. The van der Waals surface area contributed by atoms with Crippen molar-refractivity contribution in [2.24, 2.45) is 0 Å². The summed E-state index contributed by atoms with van der Waals surface area (Å²) in [7, 11) is 0. The first-order valence-corrected chi connectivity index (χ1v) is 9.70. The highest BCUT2D eigenvalue weighted by Gasteiger charge is 2.19. The van der Waals surface area contributed by atoms with Gasteiger partial charge in [-0.15, -0.1) is 0 Å². The number of fused-ring (bicyclic) bond motifs is 1. The second kappa shape index (κ2) is 7.96. The molecule has 1 saturated heterocycles. The third-order valence-electron chi connectivity index (χ3n) is 4.82. The van der Waals surface area contributed by atoms with E-state index in [1.54, 1.807) is 12.3 Å². The first-order chi connectivity index (χ1) is 13.2. The SMILES string of the molecule is O=C(c1cnc(NCCc2cn3ccccc3n2)c(Cl)c1)N1CCCCC1. The van der Waals surface area contributed by atoms with Crippen molar-refractivity contribution < 1.29 is 4.79 Å². The molecule has 6 nitrogen and oxygen atoms in total. The van der Waals surface area contributed by atoms with Crippen molar-refractivity contribution in [2.45, 2.75) is 25.7 Å². The van der Waals surface area contributed by atoms with Crippen molar-refractivity contribution >= 4 is 29.0 Å². The lowest BCUT2D eigenvalue weighted by atomic mass is 10.1. The summed E-state index contributed by atoms with van der Waals surface area (Å²) in [5.74, 6) is 0.607. The topological polar surface area (TPSA) is 62.5 Å². The van der Waals surface area contributed by atoms with E-state index < -0.39 is 0 Å². The third kappa shape index (κ3) is 4.06. The fourth-order valence-corrected chi connectivity index (χ4v) is 3.61. The highest BCUT2D eigenvalue weighted by molar-refractivity contribution is 6.33. The molecule has 0 radical (unpaired) electrons. The number of hydrogen-bond donors (Lipinski definition) is 1. The number of carbonyl (C=O) groups excluding carboxylic acids is 1. The maximum absolute atomic E-state index is 12.5. The van der Waals surface area contributed by atoms with Crippen LogP contribution in [0.2, 0.25) is 5.02 Å². The molecule has 140 valence electrons. The summed E-state index contributed by atoms with van der Waals surface area (Å²) in [4.78, 5) is 23.4. The summed E-state index contributed by atoms with van der Waals surface area (Å²) in [6.45, 7) is 2.29. The van der Waals surface area contributed by atoms with Gasteiger partial charge in [0.1, 0.15) is 11.5 Å². The van der Waals surface area contributed by atoms with Crippen LogP contribution in [0.5, 0.6) is 0 Å². The molecule has 1 N–H and O–H groups in total. The van der Waals surface area contributed by atoms with Gasteiger partial charge in [0.05, 0.1) is 16.3 Å². The van der Waals surface area contributed by atoms with Gasteiger partial charge in [0.15, 0.2) is 0 Å². The van der Waals surface area contributed by atoms with Crippen LogP contribution in [0.15, 0.2) is 42.9 Å². The van der Waals surface area contributed by atoms with E-state index in [1.165, 1.54) is 6.42 Å². The first kappa shape index (κ1) is 17.8. The molecule has 0 unspecified atom stereocenters. The zero-order chi connectivity index (χ0) is 18.6. The average Bonchev–Trinajstić information content (AvgIpc) is 3.12. The predicted molar refractivity (Wildman–Crippen MR) is 106 cm³/mol. The number of anilines is 1. The Bertz CT molecular complexity index is 915. The number of carbonyl (C=O) groups is 1. The maximum Gasteiger partial charge on any atom is 0.255 e. The molecule has 4 rings (SSSR count). The molecule has 7 heteroatoms. The van der Waals surface area contributed by atoms with Crippen LogP contribution in [0.3, 0.4) is 0 Å². The second-order valence-corrected chi connectivity index (χ2v) is 7.19. The van der Waals surface area contributed by atoms with Gasteiger partial charge in [-0.1, -0.05) is 17.7 Å². The van der Waals surface area contributed by atoms with Crippen LogP contribution in [0.25, 0.3) is 5.65 Å². The number of aromatic nitrogens is 3. The molecule has 1 aliphatic rings. The number of hydrogen-bond acceptors (Lipinski definition) is 4. The number of amides is 1. The number of likely N-dealkylation sites (tertiary alicyclic amines) is 1. The average molecular weight is 384 g/mol. The van der Waals surface area contributed by atoms with Gasteiger partial charge in [-0.3, -0.25) is 4.79 Å². The van der Waals surface area contributed by atoms with Crippen LogP contribution < -0.4 is 5.32 Å². The minimum Gasteiger partial charge on any atom is -0.368 e. The maximum atomic E-state index is 12.5. The summed E-state index contributed by atoms with van der Waals surface area (Å²) < 4.78 is 2.00. The largest absolute Gasteiger partial charge is 0.368 e. The Morgan fingerprint density at radius 2 is 2.07 bits per heavy atom. The van der Waals surface area contributed by atoms with Crippen LogP contribution >= 0.6 is 11.6 Å². The Kier molecular flexibility index (Phi) is 5.25. The minimum atomic E-state index is 0.0142. The third-order valence-corrected chi connectivity index (χ3v) is 5.11. The molecule has 0 aromatic carbocycles. The quantitative estimate of drug-likeness (QED) is 0.730. The molecule has 0 bridgehead atoms. The smallest absolute Gasteiger partial charge is 0.255 e. The Morgan fingerprint density at radius 1 is 1.22 bits per heavy atom. The summed E-state index contributed by atoms with van der Waals surface area (Å²) in [5.41, 5.74) is 2.48. The van der Waals surface area contributed by atoms with E-state index in [0.29, 0.717) is 22.9 Å². The molecule has 0 saturated carbocycles. The van der Waals surface area contributed by atoms with Gasteiger partial charge in [-0.05, 0) is 37.5 Å². The number of piperidine rings is 1. The van der Waals surface area contributed by atoms with Gasteiger partial charge in [0.25, 0.3) is 5.91 Å². The van der Waals surface area contributed by atoms with Crippen molar-refractivity contribution in [3.05, 3.63) is 59.1 Å². The lowest BCUT2D eigenvalue weighted by molar-refractivity contribution is 0.0724. The van der Waals surface area contributed by atoms with Crippen molar-refractivity contribution in [1.29, 1.82) is 0 Å². The number of imidazole rings is 1. The molecule has 1 fully saturated rings. The highest BCUT2D eigenvalue weighted by Crippen LogP contribution is 2.22. The van der Waals surface area contributed by atoms with E-state index in [2.05, 4.69) is 15.3 Å². The van der Waals surface area contributed by atoms with Crippen LogP contribution in [0.1, 0.15) is 35.3 Å². The Morgan fingerprint density at radius 3 is 2.85 bits per heavy atom. The van der Waals surface area contributed by atoms with Gasteiger partial charge in [0.2, 0.25) is 0 Å². The van der Waals surface area contributed by atoms with E-state index in [1.807, 2.05) is 39.9 Å².